The van der Waals surface area contributed by atoms with Crippen molar-refractivity contribution in [3.05, 3.63) is 68.9 Å². The van der Waals surface area contributed by atoms with E-state index in [1.54, 1.807) is 15.2 Å². The summed E-state index contributed by atoms with van der Waals surface area (Å²) in [4.78, 5) is 13.3. The van der Waals surface area contributed by atoms with Crippen LogP contribution in [0.4, 0.5) is 4.39 Å². The molecular formula is C23H23BrFN3O3S. The van der Waals surface area contributed by atoms with Gasteiger partial charge in [-0.05, 0) is 61.7 Å². The first kappa shape index (κ1) is 21.5. The fourth-order valence-corrected chi connectivity index (χ4v) is 5.46. The van der Waals surface area contributed by atoms with Crippen LogP contribution in [0.25, 0.3) is 21.9 Å². The molecule has 2 aromatic heterocycles. The Morgan fingerprint density at radius 1 is 1.03 bits per heavy atom. The van der Waals surface area contributed by atoms with Crippen LogP contribution in [0.2, 0.25) is 0 Å². The minimum absolute atomic E-state index is 0.0921. The molecule has 0 N–H and O–H groups in total. The number of benzene rings is 2. The molecule has 1 saturated carbocycles. The van der Waals surface area contributed by atoms with Crippen LogP contribution in [0, 0.1) is 5.82 Å². The van der Waals surface area contributed by atoms with Crippen LogP contribution in [0.15, 0.2) is 51.7 Å². The topological polar surface area (TPSA) is 66.0 Å². The molecule has 2 aromatic carbocycles. The van der Waals surface area contributed by atoms with E-state index in [1.807, 2.05) is 24.3 Å². The molecule has 1 aliphatic rings. The van der Waals surface area contributed by atoms with Gasteiger partial charge in [0.2, 0.25) is 0 Å². The third-order valence-electron chi connectivity index (χ3n) is 6.00. The van der Waals surface area contributed by atoms with E-state index >= 15 is 0 Å². The summed E-state index contributed by atoms with van der Waals surface area (Å²) >= 11 is 3.50. The van der Waals surface area contributed by atoms with Crippen LogP contribution in [0.5, 0.6) is 0 Å². The molecule has 0 saturated heterocycles. The molecule has 32 heavy (non-hydrogen) atoms. The van der Waals surface area contributed by atoms with Gasteiger partial charge in [-0.1, -0.05) is 15.9 Å². The van der Waals surface area contributed by atoms with Gasteiger partial charge in [0.15, 0.2) is 0 Å². The predicted molar refractivity (Wildman–Crippen MR) is 127 cm³/mol. The number of nitrogens with zero attached hydrogens (tertiary/aromatic N) is 3. The molecule has 168 valence electrons. The Morgan fingerprint density at radius 3 is 2.50 bits per heavy atom. The molecule has 0 atom stereocenters. The monoisotopic (exact) mass is 519 g/mol. The van der Waals surface area contributed by atoms with E-state index in [0.29, 0.717) is 18.5 Å². The Labute approximate surface area is 193 Å². The summed E-state index contributed by atoms with van der Waals surface area (Å²) in [5, 5.41) is 0.999. The van der Waals surface area contributed by atoms with Crippen molar-refractivity contribution in [3.8, 4) is 0 Å². The molecule has 0 spiro atoms. The van der Waals surface area contributed by atoms with Crippen LogP contribution in [-0.4, -0.2) is 34.1 Å². The highest BCUT2D eigenvalue weighted by atomic mass is 79.9. The first-order valence-electron chi connectivity index (χ1n) is 10.6. The summed E-state index contributed by atoms with van der Waals surface area (Å²) in [5.74, 6) is -0.286. The lowest BCUT2D eigenvalue weighted by Crippen LogP contribution is -2.25. The summed E-state index contributed by atoms with van der Waals surface area (Å²) < 4.78 is 43.8. The number of aryl methyl sites for hydroxylation is 1. The Kier molecular flexibility index (Phi) is 5.28. The normalized spacial score (nSPS) is 14.6. The Balaban J connectivity index is 1.62. The average molecular weight is 520 g/mol. The lowest BCUT2D eigenvalue weighted by atomic mass is 10.2. The highest BCUT2D eigenvalue weighted by Crippen LogP contribution is 2.36. The average Bonchev–Trinajstić information content (AvgIpc) is 3.44. The maximum absolute atomic E-state index is 14.1. The number of aromatic nitrogens is 3. The van der Waals surface area contributed by atoms with Gasteiger partial charge in [0.25, 0.3) is 0 Å². The molecule has 0 aliphatic heterocycles. The second-order valence-corrected chi connectivity index (χ2v) is 11.8. The number of hydrogen-bond acceptors (Lipinski definition) is 3. The molecule has 0 radical (unpaired) electrons. The van der Waals surface area contributed by atoms with Gasteiger partial charge in [0.05, 0.1) is 23.3 Å². The second-order valence-electron chi connectivity index (χ2n) is 8.58. The molecule has 0 unspecified atom stereocenters. The largest absolute Gasteiger partial charge is 0.343 e. The van der Waals surface area contributed by atoms with E-state index in [2.05, 4.69) is 20.5 Å². The lowest BCUT2D eigenvalue weighted by molar-refractivity contribution is 0.587. The SMILES string of the molecule is CS(=O)(=O)CCCn1c(Cn2c(=O)n(C3CC3)c3ccc(F)cc32)cc2cc(Br)ccc21. The van der Waals surface area contributed by atoms with Gasteiger partial charge in [-0.3, -0.25) is 9.13 Å². The minimum Gasteiger partial charge on any atom is -0.343 e. The molecule has 1 aliphatic carbocycles. The summed E-state index contributed by atoms with van der Waals surface area (Å²) in [6.07, 6.45) is 3.62. The van der Waals surface area contributed by atoms with Crippen molar-refractivity contribution in [2.75, 3.05) is 12.0 Å². The van der Waals surface area contributed by atoms with Crippen molar-refractivity contribution in [1.82, 2.24) is 13.7 Å². The quantitative estimate of drug-likeness (QED) is 0.361. The highest BCUT2D eigenvalue weighted by molar-refractivity contribution is 9.10. The zero-order valence-electron chi connectivity index (χ0n) is 17.6. The Bertz CT molecular complexity index is 1510. The van der Waals surface area contributed by atoms with Crippen molar-refractivity contribution in [1.29, 1.82) is 0 Å². The standard InChI is InChI=1S/C23H23BrFN3O3S/c1-32(30,31)10-2-9-26-19(12-15-11-16(24)3-7-20(15)26)14-27-22-13-17(25)4-8-21(22)28(23(27)29)18-5-6-18/h3-4,7-8,11-13,18H,2,5-6,9-10,14H2,1H3. The zero-order valence-corrected chi connectivity index (χ0v) is 20.0. The lowest BCUT2D eigenvalue weighted by Gasteiger charge is -2.12. The Morgan fingerprint density at radius 2 is 1.78 bits per heavy atom. The fourth-order valence-electron chi connectivity index (χ4n) is 4.43. The second kappa shape index (κ2) is 7.88. The van der Waals surface area contributed by atoms with Crippen molar-refractivity contribution < 1.29 is 12.8 Å². The van der Waals surface area contributed by atoms with E-state index in [-0.39, 0.29) is 29.8 Å². The molecule has 4 aromatic rings. The van der Waals surface area contributed by atoms with Crippen molar-refractivity contribution in [2.24, 2.45) is 0 Å². The summed E-state index contributed by atoms with van der Waals surface area (Å²) in [6.45, 7) is 0.793. The summed E-state index contributed by atoms with van der Waals surface area (Å²) in [6, 6.07) is 12.6. The van der Waals surface area contributed by atoms with Crippen LogP contribution < -0.4 is 5.69 Å². The van der Waals surface area contributed by atoms with E-state index < -0.39 is 9.84 Å². The Hall–Kier alpha value is -2.39. The van der Waals surface area contributed by atoms with Gasteiger partial charge in [-0.25, -0.2) is 17.6 Å². The molecule has 1 fully saturated rings. The van der Waals surface area contributed by atoms with Gasteiger partial charge in [0, 0.05) is 39.9 Å². The first-order chi connectivity index (χ1) is 15.2. The van der Waals surface area contributed by atoms with Gasteiger partial charge in [-0.15, -0.1) is 0 Å². The molecule has 0 bridgehead atoms. The summed E-state index contributed by atoms with van der Waals surface area (Å²) in [5.41, 5.74) is 3.05. The van der Waals surface area contributed by atoms with E-state index in [0.717, 1.165) is 39.4 Å². The van der Waals surface area contributed by atoms with Crippen molar-refractivity contribution in [2.45, 2.75) is 38.4 Å². The smallest absolute Gasteiger partial charge is 0.329 e. The van der Waals surface area contributed by atoms with Gasteiger partial charge in [0.1, 0.15) is 15.7 Å². The molecule has 9 heteroatoms. The number of halogens is 2. The van der Waals surface area contributed by atoms with Crippen LogP contribution in [-0.2, 0) is 22.9 Å². The van der Waals surface area contributed by atoms with Crippen molar-refractivity contribution >= 4 is 47.7 Å². The number of rotatable bonds is 7. The minimum atomic E-state index is -3.07. The van der Waals surface area contributed by atoms with Crippen LogP contribution in [0.1, 0.15) is 31.0 Å². The predicted octanol–water partition coefficient (Wildman–Crippen LogP) is 4.48. The van der Waals surface area contributed by atoms with Gasteiger partial charge in [-0.2, -0.15) is 0 Å². The molecule has 6 nitrogen and oxygen atoms in total. The molecule has 2 heterocycles. The van der Waals surface area contributed by atoms with Gasteiger partial charge < -0.3 is 4.57 Å². The number of hydrogen-bond donors (Lipinski definition) is 0. The molecule has 5 rings (SSSR count). The van der Waals surface area contributed by atoms with Crippen LogP contribution >= 0.6 is 15.9 Å². The first-order valence-corrected chi connectivity index (χ1v) is 13.4. The van der Waals surface area contributed by atoms with E-state index in [1.165, 1.54) is 18.4 Å². The van der Waals surface area contributed by atoms with E-state index in [4.69, 9.17) is 0 Å². The van der Waals surface area contributed by atoms with Crippen molar-refractivity contribution in [3.63, 3.8) is 0 Å². The molecule has 0 amide bonds. The summed E-state index contributed by atoms with van der Waals surface area (Å²) in [7, 11) is -3.07. The van der Waals surface area contributed by atoms with Crippen LogP contribution in [0.3, 0.4) is 0 Å². The third kappa shape index (κ3) is 4.03. The maximum atomic E-state index is 14.1. The fraction of sp³-hybridized carbons (Fsp3) is 0.348. The van der Waals surface area contributed by atoms with E-state index in [9.17, 15) is 17.6 Å². The zero-order chi connectivity index (χ0) is 22.6. The molecular weight excluding hydrogens is 497 g/mol. The number of sulfone groups is 1. The maximum Gasteiger partial charge on any atom is 0.329 e. The van der Waals surface area contributed by atoms with Gasteiger partial charge >= 0.3 is 5.69 Å². The third-order valence-corrected chi connectivity index (χ3v) is 7.53. The highest BCUT2D eigenvalue weighted by Gasteiger charge is 2.29. The number of imidazole rings is 1. The number of fused-ring (bicyclic) bond motifs is 2.